The molecule has 0 unspecified atom stereocenters. The van der Waals surface area contributed by atoms with E-state index in [1.165, 1.54) is 0 Å². The van der Waals surface area contributed by atoms with Crippen LogP contribution in [0.25, 0.3) is 0 Å². The van der Waals surface area contributed by atoms with Crippen molar-refractivity contribution in [2.24, 2.45) is 0 Å². The summed E-state index contributed by atoms with van der Waals surface area (Å²) in [6.07, 6.45) is 0. The Hall–Kier alpha value is 0.234. The van der Waals surface area contributed by atoms with Gasteiger partial charge in [0.2, 0.25) is 0 Å². The lowest BCUT2D eigenvalue weighted by atomic mass is 11.8. The molecule has 0 N–H and O–H groups in total. The molecular formula is C3H9OSi2. The van der Waals surface area contributed by atoms with Crippen LogP contribution in [0, 0.1) is 0 Å². The zero-order valence-corrected chi connectivity index (χ0v) is 6.41. The molecule has 0 aromatic heterocycles. The minimum atomic E-state index is -1.16. The lowest BCUT2D eigenvalue weighted by Crippen LogP contribution is -2.23. The van der Waals surface area contributed by atoms with Gasteiger partial charge in [-0.15, -0.1) is 0 Å². The van der Waals surface area contributed by atoms with Gasteiger partial charge in [0.15, 0.2) is 0 Å². The maximum absolute atomic E-state index is 10.0. The Balaban J connectivity index is 3.45. The molecule has 1 nitrogen and oxygen atoms in total. The summed E-state index contributed by atoms with van der Waals surface area (Å²) in [5, 5.41) is 0. The van der Waals surface area contributed by atoms with Gasteiger partial charge in [-0.3, -0.25) is 0 Å². The summed E-state index contributed by atoms with van der Waals surface area (Å²) < 4.78 is 10.0. The molecule has 1 radical (unpaired) electrons. The summed E-state index contributed by atoms with van der Waals surface area (Å²) >= 11 is 0. The molecule has 0 amide bonds. The van der Waals surface area contributed by atoms with Gasteiger partial charge in [0.1, 0.15) is 7.59 Å². The number of hydrogen-bond donors (Lipinski definition) is 0. The number of hydrogen-bond acceptors (Lipinski definition) is 1. The predicted octanol–water partition coefficient (Wildman–Crippen LogP) is 0.871. The van der Waals surface area contributed by atoms with Crippen LogP contribution in [0.4, 0.5) is 0 Å². The molecule has 0 spiro atoms. The fourth-order valence-corrected chi connectivity index (χ4v) is 0. The van der Waals surface area contributed by atoms with Gasteiger partial charge in [0.05, 0.1) is 0 Å². The highest BCUT2D eigenvalue weighted by Crippen LogP contribution is 1.90. The Morgan fingerprint density at radius 2 is 1.50 bits per heavy atom. The molecular weight excluding hydrogens is 108 g/mol. The molecule has 6 heavy (non-hydrogen) atoms. The van der Waals surface area contributed by atoms with Gasteiger partial charge >= 0.3 is 8.92 Å². The van der Waals surface area contributed by atoms with E-state index in [2.05, 4.69) is 19.6 Å². The molecule has 0 heterocycles. The summed E-state index contributed by atoms with van der Waals surface area (Å²) in [4.78, 5) is 0. The Morgan fingerprint density at radius 1 is 1.33 bits per heavy atom. The smallest absolute Gasteiger partial charge is 0.301 e. The average Bonchev–Trinajstić information content (AvgIpc) is 1.35. The van der Waals surface area contributed by atoms with Gasteiger partial charge in [-0.05, 0) is 0 Å². The lowest BCUT2D eigenvalue weighted by molar-refractivity contribution is 0.584. The Labute approximate surface area is 41.4 Å². The fourth-order valence-electron chi connectivity index (χ4n) is 0. The average molecular weight is 117 g/mol. The second kappa shape index (κ2) is 1.79. The summed E-state index contributed by atoms with van der Waals surface area (Å²) in [7, 11) is -1.20. The first kappa shape index (κ1) is 6.23. The lowest BCUT2D eigenvalue weighted by Gasteiger charge is -1.97. The summed E-state index contributed by atoms with van der Waals surface area (Å²) in [5.41, 5.74) is 0. The number of rotatable bonds is 1. The molecule has 35 valence electrons. The van der Waals surface area contributed by atoms with Crippen LogP contribution in [-0.2, 0) is 4.46 Å². The SMILES string of the molecule is C[Si](C)(C)[Si]=O. The van der Waals surface area contributed by atoms with Crippen molar-refractivity contribution < 1.29 is 4.46 Å². The third-order valence-electron chi connectivity index (χ3n) is 0.306. The fraction of sp³-hybridized carbons (Fsp3) is 1.00. The minimum Gasteiger partial charge on any atom is -0.389 e. The maximum Gasteiger partial charge on any atom is 0.301 e. The Bertz CT molecular complexity index is 54.3. The van der Waals surface area contributed by atoms with Crippen LogP contribution >= 0.6 is 0 Å². The molecule has 0 aliphatic carbocycles. The van der Waals surface area contributed by atoms with Gasteiger partial charge in [-0.2, -0.15) is 0 Å². The Kier molecular flexibility index (Phi) is 1.86. The zero-order valence-electron chi connectivity index (χ0n) is 4.41. The molecule has 0 aliphatic heterocycles. The van der Waals surface area contributed by atoms with Crippen molar-refractivity contribution in [3.8, 4) is 0 Å². The van der Waals surface area contributed by atoms with Crippen LogP contribution < -0.4 is 0 Å². The van der Waals surface area contributed by atoms with Crippen LogP contribution in [0.3, 0.4) is 0 Å². The van der Waals surface area contributed by atoms with Crippen molar-refractivity contribution in [2.45, 2.75) is 19.6 Å². The first-order chi connectivity index (χ1) is 2.56. The van der Waals surface area contributed by atoms with Crippen molar-refractivity contribution in [1.29, 1.82) is 0 Å². The molecule has 0 aromatic carbocycles. The van der Waals surface area contributed by atoms with Gasteiger partial charge < -0.3 is 4.46 Å². The summed E-state index contributed by atoms with van der Waals surface area (Å²) in [5.74, 6) is 0. The highest BCUT2D eigenvalue weighted by Gasteiger charge is 2.11. The van der Waals surface area contributed by atoms with Crippen molar-refractivity contribution in [2.75, 3.05) is 0 Å². The van der Waals surface area contributed by atoms with E-state index in [0.29, 0.717) is 0 Å². The molecule has 0 bridgehead atoms. The first-order valence-electron chi connectivity index (χ1n) is 1.95. The topological polar surface area (TPSA) is 17.1 Å². The van der Waals surface area contributed by atoms with Crippen LogP contribution in [0.2, 0.25) is 19.6 Å². The predicted molar refractivity (Wildman–Crippen MR) is 29.8 cm³/mol. The highest BCUT2D eigenvalue weighted by atomic mass is 29.2. The van der Waals surface area contributed by atoms with Gasteiger partial charge in [0.25, 0.3) is 0 Å². The molecule has 3 heteroatoms. The van der Waals surface area contributed by atoms with E-state index in [4.69, 9.17) is 0 Å². The van der Waals surface area contributed by atoms with Crippen molar-refractivity contribution in [1.82, 2.24) is 0 Å². The first-order valence-corrected chi connectivity index (χ1v) is 7.36. The zero-order chi connectivity index (χ0) is 5.21. The normalized spacial score (nSPS) is 11.2. The van der Waals surface area contributed by atoms with Gasteiger partial charge in [-0.25, -0.2) is 0 Å². The van der Waals surface area contributed by atoms with Crippen LogP contribution in [0.1, 0.15) is 0 Å². The molecule has 0 fully saturated rings. The summed E-state index contributed by atoms with van der Waals surface area (Å²) in [6.45, 7) is 6.25. The van der Waals surface area contributed by atoms with Gasteiger partial charge in [-0.1, -0.05) is 19.6 Å². The maximum atomic E-state index is 10.0. The monoisotopic (exact) mass is 117 g/mol. The standard InChI is InChI=1S/C3H9OSi2/c1-6(2,3)5-4/h1-3H3. The van der Waals surface area contributed by atoms with Crippen molar-refractivity contribution in [3.63, 3.8) is 0 Å². The van der Waals surface area contributed by atoms with Crippen molar-refractivity contribution in [3.05, 3.63) is 0 Å². The molecule has 0 atom stereocenters. The van der Waals surface area contributed by atoms with E-state index in [1.54, 1.807) is 0 Å². The molecule has 0 aliphatic rings. The van der Waals surface area contributed by atoms with Crippen LogP contribution in [0.5, 0.6) is 0 Å². The largest absolute Gasteiger partial charge is 0.389 e. The minimum absolute atomic E-state index is 0.0440. The van der Waals surface area contributed by atoms with E-state index in [0.717, 1.165) is 0 Å². The van der Waals surface area contributed by atoms with E-state index in [1.807, 2.05) is 0 Å². The van der Waals surface area contributed by atoms with E-state index >= 15 is 0 Å². The molecule has 0 saturated carbocycles. The highest BCUT2D eigenvalue weighted by molar-refractivity contribution is 7.17. The Morgan fingerprint density at radius 3 is 1.50 bits per heavy atom. The van der Waals surface area contributed by atoms with Gasteiger partial charge in [0, 0.05) is 0 Å². The second-order valence-corrected chi connectivity index (χ2v) is 12.2. The summed E-state index contributed by atoms with van der Waals surface area (Å²) in [6, 6.07) is 0. The molecule has 0 rings (SSSR count). The van der Waals surface area contributed by atoms with E-state index in [9.17, 15) is 4.46 Å². The third kappa shape index (κ3) is 4.23. The second-order valence-electron chi connectivity index (χ2n) is 2.35. The van der Waals surface area contributed by atoms with Crippen molar-refractivity contribution >= 4 is 16.5 Å². The molecule has 0 aromatic rings. The van der Waals surface area contributed by atoms with E-state index in [-0.39, 0.29) is 8.92 Å². The van der Waals surface area contributed by atoms with Crippen LogP contribution in [-0.4, -0.2) is 16.5 Å². The van der Waals surface area contributed by atoms with E-state index < -0.39 is 7.59 Å². The third-order valence-corrected chi connectivity index (χ3v) is 2.76. The quantitative estimate of drug-likeness (QED) is 0.466. The van der Waals surface area contributed by atoms with Crippen LogP contribution in [0.15, 0.2) is 0 Å². The molecule has 0 saturated heterocycles.